The van der Waals surface area contributed by atoms with E-state index < -0.39 is 4.92 Å². The topological polar surface area (TPSA) is 90.2 Å². The number of benzene rings is 2. The summed E-state index contributed by atoms with van der Waals surface area (Å²) in [4.78, 5) is 18.8. The zero-order valence-electron chi connectivity index (χ0n) is 12.5. The molecule has 0 aliphatic heterocycles. The number of nitrogens with zero attached hydrogens (tertiary/aromatic N) is 3. The molecule has 9 heteroatoms. The zero-order valence-corrected chi connectivity index (χ0v) is 16.3. The van der Waals surface area contributed by atoms with E-state index in [2.05, 4.69) is 53.8 Å². The van der Waals surface area contributed by atoms with Gasteiger partial charge in [0.15, 0.2) is 0 Å². The summed E-state index contributed by atoms with van der Waals surface area (Å²) in [5.41, 5.74) is 0.348. The van der Waals surface area contributed by atoms with E-state index in [1.54, 1.807) is 24.3 Å². The van der Waals surface area contributed by atoms with Gasteiger partial charge in [0.25, 0.3) is 0 Å². The molecule has 3 aromatic rings. The quantitative estimate of drug-likeness (QED) is 0.284. The van der Waals surface area contributed by atoms with Crippen LogP contribution in [0.25, 0.3) is 0 Å². The van der Waals surface area contributed by atoms with Crippen molar-refractivity contribution in [1.29, 1.82) is 0 Å². The molecule has 0 aliphatic carbocycles. The summed E-state index contributed by atoms with van der Waals surface area (Å²) in [5, 5.41) is 14.5. The van der Waals surface area contributed by atoms with Crippen molar-refractivity contribution in [3.8, 4) is 11.6 Å². The highest BCUT2D eigenvalue weighted by atomic mass is 127. The van der Waals surface area contributed by atoms with Crippen molar-refractivity contribution in [2.75, 3.05) is 5.32 Å². The Morgan fingerprint density at radius 1 is 1.08 bits per heavy atom. The maximum Gasteiger partial charge on any atom is 0.373 e. The van der Waals surface area contributed by atoms with E-state index in [-0.39, 0.29) is 17.4 Å². The maximum absolute atomic E-state index is 11.5. The Kier molecular flexibility index (Phi) is 5.43. The SMILES string of the molecule is O=[N+]([O-])c1c(Nc2ccc(I)cc2)ncnc1Oc1ccc(Br)cc1. The molecule has 0 fully saturated rings. The number of rotatable bonds is 5. The number of nitro groups is 1. The Labute approximate surface area is 164 Å². The van der Waals surface area contributed by atoms with Crippen molar-refractivity contribution in [1.82, 2.24) is 9.97 Å². The van der Waals surface area contributed by atoms with E-state index in [1.165, 1.54) is 6.33 Å². The molecule has 1 aromatic heterocycles. The third-order valence-corrected chi connectivity index (χ3v) is 4.35. The van der Waals surface area contributed by atoms with E-state index in [1.807, 2.05) is 24.3 Å². The molecule has 0 atom stereocenters. The first kappa shape index (κ1) is 17.5. The van der Waals surface area contributed by atoms with Gasteiger partial charge in [-0.15, -0.1) is 0 Å². The zero-order chi connectivity index (χ0) is 17.8. The molecule has 0 bridgehead atoms. The largest absolute Gasteiger partial charge is 0.434 e. The highest BCUT2D eigenvalue weighted by Crippen LogP contribution is 2.35. The molecular formula is C16H10BrIN4O3. The Hall–Kier alpha value is -2.27. The number of ether oxygens (including phenoxy) is 1. The van der Waals surface area contributed by atoms with Crippen LogP contribution in [0.15, 0.2) is 59.3 Å². The molecule has 0 aliphatic rings. The van der Waals surface area contributed by atoms with Gasteiger partial charge in [-0.05, 0) is 71.1 Å². The first-order valence-electron chi connectivity index (χ1n) is 6.98. The van der Waals surface area contributed by atoms with Crippen LogP contribution in [0.1, 0.15) is 0 Å². The molecular weight excluding hydrogens is 503 g/mol. The van der Waals surface area contributed by atoms with E-state index >= 15 is 0 Å². The average molecular weight is 513 g/mol. The van der Waals surface area contributed by atoms with Gasteiger partial charge in [-0.2, -0.15) is 4.98 Å². The summed E-state index contributed by atoms with van der Waals surface area (Å²) < 4.78 is 7.50. The lowest BCUT2D eigenvalue weighted by atomic mass is 10.3. The van der Waals surface area contributed by atoms with E-state index in [0.29, 0.717) is 11.4 Å². The molecule has 0 amide bonds. The minimum absolute atomic E-state index is 0.0633. The third kappa shape index (κ3) is 4.42. The molecule has 126 valence electrons. The Balaban J connectivity index is 1.94. The molecule has 1 heterocycles. The van der Waals surface area contributed by atoms with Crippen molar-refractivity contribution in [2.45, 2.75) is 0 Å². The second-order valence-electron chi connectivity index (χ2n) is 4.82. The van der Waals surface area contributed by atoms with Gasteiger partial charge < -0.3 is 10.1 Å². The van der Waals surface area contributed by atoms with Gasteiger partial charge in [-0.3, -0.25) is 10.1 Å². The van der Waals surface area contributed by atoms with Crippen LogP contribution in [0, 0.1) is 13.7 Å². The summed E-state index contributed by atoms with van der Waals surface area (Å²) in [6.07, 6.45) is 1.22. The fourth-order valence-corrected chi connectivity index (χ4v) is 2.60. The molecule has 0 saturated heterocycles. The summed E-state index contributed by atoms with van der Waals surface area (Å²) in [6.45, 7) is 0. The summed E-state index contributed by atoms with van der Waals surface area (Å²) >= 11 is 5.50. The van der Waals surface area contributed by atoms with Gasteiger partial charge in [0, 0.05) is 13.7 Å². The number of nitrogens with one attached hydrogen (secondary N) is 1. The molecule has 2 aromatic carbocycles. The lowest BCUT2D eigenvalue weighted by Gasteiger charge is -2.09. The smallest absolute Gasteiger partial charge is 0.373 e. The number of anilines is 2. The van der Waals surface area contributed by atoms with E-state index in [4.69, 9.17) is 4.74 Å². The second-order valence-corrected chi connectivity index (χ2v) is 6.98. The number of hydrogen-bond donors (Lipinski definition) is 1. The van der Waals surface area contributed by atoms with Crippen LogP contribution in [0.4, 0.5) is 17.2 Å². The van der Waals surface area contributed by atoms with Crippen LogP contribution < -0.4 is 10.1 Å². The molecule has 7 nitrogen and oxygen atoms in total. The van der Waals surface area contributed by atoms with Crippen LogP contribution in [-0.2, 0) is 0 Å². The Bertz CT molecular complexity index is 839. The van der Waals surface area contributed by atoms with Crippen LogP contribution in [-0.4, -0.2) is 14.9 Å². The molecule has 3 rings (SSSR count). The maximum atomic E-state index is 11.5. The van der Waals surface area contributed by atoms with E-state index in [9.17, 15) is 10.1 Å². The third-order valence-electron chi connectivity index (χ3n) is 3.11. The molecule has 0 radical (unpaired) electrons. The lowest BCUT2D eigenvalue weighted by Crippen LogP contribution is -2.03. The summed E-state index contributed by atoms with van der Waals surface area (Å²) in [6, 6.07) is 14.3. The average Bonchev–Trinajstić information content (AvgIpc) is 2.59. The molecule has 0 spiro atoms. The van der Waals surface area contributed by atoms with E-state index in [0.717, 1.165) is 8.04 Å². The fraction of sp³-hybridized carbons (Fsp3) is 0. The minimum Gasteiger partial charge on any atom is -0.434 e. The molecule has 25 heavy (non-hydrogen) atoms. The van der Waals surface area contributed by atoms with Gasteiger partial charge in [0.2, 0.25) is 5.82 Å². The predicted molar refractivity (Wildman–Crippen MR) is 105 cm³/mol. The minimum atomic E-state index is -0.566. The van der Waals surface area contributed by atoms with Gasteiger partial charge in [-0.1, -0.05) is 15.9 Å². The van der Waals surface area contributed by atoms with Crippen molar-refractivity contribution in [3.05, 3.63) is 73.0 Å². The first-order valence-corrected chi connectivity index (χ1v) is 8.85. The predicted octanol–water partition coefficient (Wildman–Crippen LogP) is 5.29. The number of aromatic nitrogens is 2. The standard InChI is InChI=1S/C16H10BrIN4O3/c17-10-1-7-13(8-2-10)25-16-14(22(23)24)15(19-9-20-16)21-12-5-3-11(18)4-6-12/h1-9H,(H,19,20,21). The highest BCUT2D eigenvalue weighted by Gasteiger charge is 2.25. The molecule has 0 unspecified atom stereocenters. The molecule has 0 saturated carbocycles. The normalized spacial score (nSPS) is 10.3. The highest BCUT2D eigenvalue weighted by molar-refractivity contribution is 14.1. The van der Waals surface area contributed by atoms with Crippen LogP contribution >= 0.6 is 38.5 Å². The van der Waals surface area contributed by atoms with Crippen molar-refractivity contribution in [2.24, 2.45) is 0 Å². The van der Waals surface area contributed by atoms with Crippen LogP contribution in [0.3, 0.4) is 0 Å². The number of hydrogen-bond acceptors (Lipinski definition) is 6. The van der Waals surface area contributed by atoms with Gasteiger partial charge in [0.05, 0.1) is 4.92 Å². The Morgan fingerprint density at radius 3 is 2.40 bits per heavy atom. The van der Waals surface area contributed by atoms with Gasteiger partial charge in [-0.25, -0.2) is 4.98 Å². The lowest BCUT2D eigenvalue weighted by molar-refractivity contribution is -0.385. The van der Waals surface area contributed by atoms with Crippen LogP contribution in [0.5, 0.6) is 11.6 Å². The van der Waals surface area contributed by atoms with Crippen molar-refractivity contribution in [3.63, 3.8) is 0 Å². The Morgan fingerprint density at radius 2 is 1.76 bits per heavy atom. The van der Waals surface area contributed by atoms with Crippen molar-refractivity contribution < 1.29 is 9.66 Å². The monoisotopic (exact) mass is 512 g/mol. The second kappa shape index (κ2) is 7.74. The van der Waals surface area contributed by atoms with Gasteiger partial charge in [0.1, 0.15) is 12.1 Å². The van der Waals surface area contributed by atoms with Gasteiger partial charge >= 0.3 is 11.6 Å². The first-order chi connectivity index (χ1) is 12.0. The number of halogens is 2. The fourth-order valence-electron chi connectivity index (χ4n) is 1.98. The van der Waals surface area contributed by atoms with Crippen LogP contribution in [0.2, 0.25) is 0 Å². The molecule has 1 N–H and O–H groups in total. The summed E-state index contributed by atoms with van der Waals surface area (Å²) in [7, 11) is 0. The summed E-state index contributed by atoms with van der Waals surface area (Å²) in [5.74, 6) is 0.369. The van der Waals surface area contributed by atoms with Crippen molar-refractivity contribution >= 4 is 55.7 Å².